The molecule has 0 aliphatic carbocycles. The Hall–Kier alpha value is -3.67. The zero-order valence-electron chi connectivity index (χ0n) is 18.1. The number of allylic oxidation sites excluding steroid dienone is 1. The molecule has 6 nitrogen and oxygen atoms in total. The third-order valence-electron chi connectivity index (χ3n) is 5.47. The van der Waals surface area contributed by atoms with Crippen molar-refractivity contribution in [3.63, 3.8) is 0 Å². The average Bonchev–Trinajstić information content (AvgIpc) is 3.15. The molecule has 0 amide bonds. The Kier molecular flexibility index (Phi) is 5.46. The molecule has 4 aromatic rings. The maximum atomic E-state index is 13.3. The topological polar surface area (TPSA) is 61.8 Å². The van der Waals surface area contributed by atoms with Crippen LogP contribution >= 0.6 is 0 Å². The molecular formula is C25H26N4O2. The van der Waals surface area contributed by atoms with Gasteiger partial charge in [0, 0.05) is 13.1 Å². The van der Waals surface area contributed by atoms with Crippen LogP contribution in [0.1, 0.15) is 36.5 Å². The fourth-order valence-corrected chi connectivity index (χ4v) is 3.84. The number of nitrogens with zero attached hydrogens (tertiary/aromatic N) is 4. The lowest BCUT2D eigenvalue weighted by molar-refractivity contribution is 0.690. The molecule has 2 aromatic carbocycles. The fraction of sp³-hybridized carbons (Fsp3) is 0.240. The minimum Gasteiger partial charge on any atom is -0.320 e. The van der Waals surface area contributed by atoms with Crippen LogP contribution < -0.4 is 11.2 Å². The first kappa shape index (κ1) is 20.6. The number of hydrogen-bond acceptors (Lipinski definition) is 3. The minimum atomic E-state index is -0.421. The number of imidazole rings is 1. The Balaban J connectivity index is 1.96. The lowest BCUT2D eigenvalue weighted by atomic mass is 10.0. The van der Waals surface area contributed by atoms with E-state index in [0.717, 1.165) is 11.1 Å². The zero-order chi connectivity index (χ0) is 22.1. The molecule has 0 saturated heterocycles. The van der Waals surface area contributed by atoms with Crippen molar-refractivity contribution >= 4 is 11.2 Å². The maximum Gasteiger partial charge on any atom is 0.337 e. The van der Waals surface area contributed by atoms with E-state index in [1.54, 1.807) is 12.4 Å². The van der Waals surface area contributed by atoms with E-state index in [4.69, 9.17) is 0 Å². The smallest absolute Gasteiger partial charge is 0.320 e. The van der Waals surface area contributed by atoms with Gasteiger partial charge in [-0.2, -0.15) is 0 Å². The molecule has 0 fully saturated rings. The first-order valence-electron chi connectivity index (χ1n) is 10.4. The van der Waals surface area contributed by atoms with Crippen LogP contribution in [0.4, 0.5) is 0 Å². The molecule has 158 valence electrons. The Bertz CT molecular complexity index is 1370. The molecule has 0 atom stereocenters. The van der Waals surface area contributed by atoms with Gasteiger partial charge in [0.25, 0.3) is 5.56 Å². The summed E-state index contributed by atoms with van der Waals surface area (Å²) in [5.74, 6) is 0.383. The van der Waals surface area contributed by atoms with Crippen molar-refractivity contribution in [2.45, 2.75) is 39.8 Å². The summed E-state index contributed by atoms with van der Waals surface area (Å²) in [4.78, 5) is 31.0. The molecule has 6 heteroatoms. The molecule has 0 N–H and O–H groups in total. The molecule has 4 rings (SSSR count). The summed E-state index contributed by atoms with van der Waals surface area (Å²) < 4.78 is 4.53. The van der Waals surface area contributed by atoms with E-state index in [0.29, 0.717) is 29.3 Å². The molecule has 0 bridgehead atoms. The second-order valence-electron chi connectivity index (χ2n) is 8.10. The van der Waals surface area contributed by atoms with E-state index in [-0.39, 0.29) is 12.1 Å². The summed E-state index contributed by atoms with van der Waals surface area (Å²) in [5.41, 5.74) is 4.04. The summed E-state index contributed by atoms with van der Waals surface area (Å²) in [6, 6.07) is 15.9. The van der Waals surface area contributed by atoms with Crippen LogP contribution in [0, 0.1) is 6.92 Å². The quantitative estimate of drug-likeness (QED) is 0.448. The van der Waals surface area contributed by atoms with Crippen LogP contribution in [-0.4, -0.2) is 18.7 Å². The van der Waals surface area contributed by atoms with Gasteiger partial charge in [-0.05, 0) is 36.1 Å². The largest absolute Gasteiger partial charge is 0.337 e. The van der Waals surface area contributed by atoms with Gasteiger partial charge in [0.15, 0.2) is 11.2 Å². The van der Waals surface area contributed by atoms with Crippen molar-refractivity contribution in [3.8, 4) is 5.69 Å². The highest BCUT2D eigenvalue weighted by atomic mass is 16.2. The summed E-state index contributed by atoms with van der Waals surface area (Å²) in [6.45, 7) is 10.6. The number of aryl methyl sites for hydroxylation is 1. The first-order valence-corrected chi connectivity index (χ1v) is 10.4. The molecule has 0 aliphatic rings. The van der Waals surface area contributed by atoms with E-state index in [1.165, 1.54) is 14.7 Å². The maximum absolute atomic E-state index is 13.3. The number of benzene rings is 2. The molecule has 0 spiro atoms. The van der Waals surface area contributed by atoms with Crippen LogP contribution in [0.2, 0.25) is 0 Å². The number of aromatic nitrogens is 4. The van der Waals surface area contributed by atoms with Gasteiger partial charge < -0.3 is 4.57 Å². The van der Waals surface area contributed by atoms with Crippen LogP contribution in [0.3, 0.4) is 0 Å². The summed E-state index contributed by atoms with van der Waals surface area (Å²) in [6.07, 6.45) is 3.19. The van der Waals surface area contributed by atoms with Crippen LogP contribution in [0.15, 0.2) is 77.1 Å². The van der Waals surface area contributed by atoms with Crippen molar-refractivity contribution in [2.75, 3.05) is 0 Å². The third kappa shape index (κ3) is 3.77. The Labute approximate surface area is 180 Å². The lowest BCUT2D eigenvalue weighted by Crippen LogP contribution is -2.39. The van der Waals surface area contributed by atoms with Gasteiger partial charge in [0.05, 0.1) is 12.0 Å². The predicted octanol–water partition coefficient (Wildman–Crippen LogP) is 4.02. The SMILES string of the molecule is C=CCn1c(=O)c2c(ncn2Cc2cccc(C)c2)n(-c2ccc(C(C)C)cc2)c1=O. The Morgan fingerprint density at radius 1 is 1.10 bits per heavy atom. The van der Waals surface area contributed by atoms with E-state index >= 15 is 0 Å². The van der Waals surface area contributed by atoms with Gasteiger partial charge in [-0.25, -0.2) is 14.3 Å². The highest BCUT2D eigenvalue weighted by molar-refractivity contribution is 5.72. The molecular weight excluding hydrogens is 388 g/mol. The first-order chi connectivity index (χ1) is 14.9. The van der Waals surface area contributed by atoms with E-state index in [1.807, 2.05) is 54.0 Å². The Morgan fingerprint density at radius 3 is 2.48 bits per heavy atom. The van der Waals surface area contributed by atoms with Crippen LogP contribution in [0.5, 0.6) is 0 Å². The van der Waals surface area contributed by atoms with Gasteiger partial charge in [-0.3, -0.25) is 9.36 Å². The van der Waals surface area contributed by atoms with Crippen molar-refractivity contribution in [1.29, 1.82) is 0 Å². The molecule has 2 heterocycles. The monoisotopic (exact) mass is 414 g/mol. The second-order valence-corrected chi connectivity index (χ2v) is 8.10. The molecule has 2 aromatic heterocycles. The van der Waals surface area contributed by atoms with Gasteiger partial charge in [0.2, 0.25) is 0 Å². The van der Waals surface area contributed by atoms with Crippen molar-refractivity contribution in [3.05, 3.63) is 105 Å². The standard InChI is InChI=1S/C25H26N4O2/c1-5-13-28-24(30)22-23(26-16-27(22)15-19-8-6-7-18(4)14-19)29(25(28)31)21-11-9-20(10-12-21)17(2)3/h5-12,14,16-17H,1,13,15H2,2-4H3. The Morgan fingerprint density at radius 2 is 1.84 bits per heavy atom. The van der Waals surface area contributed by atoms with E-state index in [9.17, 15) is 9.59 Å². The van der Waals surface area contributed by atoms with Gasteiger partial charge in [-0.15, -0.1) is 6.58 Å². The molecule has 0 saturated carbocycles. The fourth-order valence-electron chi connectivity index (χ4n) is 3.84. The molecule has 0 unspecified atom stereocenters. The molecule has 0 aliphatic heterocycles. The van der Waals surface area contributed by atoms with Crippen molar-refractivity contribution < 1.29 is 0 Å². The van der Waals surface area contributed by atoms with Crippen LogP contribution in [-0.2, 0) is 13.1 Å². The highest BCUT2D eigenvalue weighted by Gasteiger charge is 2.19. The van der Waals surface area contributed by atoms with Gasteiger partial charge in [-0.1, -0.05) is 61.9 Å². The second kappa shape index (κ2) is 8.22. The minimum absolute atomic E-state index is 0.132. The van der Waals surface area contributed by atoms with E-state index < -0.39 is 5.69 Å². The summed E-state index contributed by atoms with van der Waals surface area (Å²) in [5, 5.41) is 0. The summed E-state index contributed by atoms with van der Waals surface area (Å²) in [7, 11) is 0. The molecule has 0 radical (unpaired) electrons. The van der Waals surface area contributed by atoms with Crippen LogP contribution in [0.25, 0.3) is 16.9 Å². The average molecular weight is 415 g/mol. The van der Waals surface area contributed by atoms with Gasteiger partial charge >= 0.3 is 5.69 Å². The summed E-state index contributed by atoms with van der Waals surface area (Å²) >= 11 is 0. The van der Waals surface area contributed by atoms with Crippen molar-refractivity contribution in [1.82, 2.24) is 18.7 Å². The zero-order valence-corrected chi connectivity index (χ0v) is 18.1. The molecule has 31 heavy (non-hydrogen) atoms. The number of fused-ring (bicyclic) bond motifs is 1. The normalized spacial score (nSPS) is 11.4. The number of rotatable bonds is 6. The number of hydrogen-bond donors (Lipinski definition) is 0. The van der Waals surface area contributed by atoms with E-state index in [2.05, 4.69) is 31.5 Å². The third-order valence-corrected chi connectivity index (χ3v) is 5.47. The highest BCUT2D eigenvalue weighted by Crippen LogP contribution is 2.19. The predicted molar refractivity (Wildman–Crippen MR) is 124 cm³/mol. The lowest BCUT2D eigenvalue weighted by Gasteiger charge is -2.13. The van der Waals surface area contributed by atoms with Gasteiger partial charge in [0.1, 0.15) is 0 Å². The van der Waals surface area contributed by atoms with Crippen molar-refractivity contribution in [2.24, 2.45) is 0 Å².